The van der Waals surface area contributed by atoms with E-state index in [0.29, 0.717) is 42.3 Å². The number of rotatable bonds is 9. The molecule has 0 aliphatic rings. The van der Waals surface area contributed by atoms with E-state index in [4.69, 9.17) is 5.73 Å². The fourth-order valence-electron chi connectivity index (χ4n) is 3.14. The first-order valence-electron chi connectivity index (χ1n) is 10.3. The average molecular weight is 450 g/mol. The second-order valence-corrected chi connectivity index (χ2v) is 7.01. The normalized spacial score (nSPS) is 11.4. The second-order valence-electron chi connectivity index (χ2n) is 7.01. The fraction of sp³-hybridized carbons (Fsp3) is 0.167. The number of nitrogens with two attached hydrogens (primary N) is 1. The average Bonchev–Trinajstić information content (AvgIpc) is 3.28. The Hall–Kier alpha value is -4.14. The molecule has 7 nitrogen and oxygen atoms in total. The zero-order chi connectivity index (χ0) is 23.8. The number of hydrogen-bond donors (Lipinski definition) is 1. The molecule has 3 aromatic rings. The molecule has 0 aliphatic carbocycles. The van der Waals surface area contributed by atoms with Crippen LogP contribution < -0.4 is 5.73 Å². The molecular weight excluding hydrogens is 426 g/mol. The second kappa shape index (κ2) is 10.9. The minimum absolute atomic E-state index is 0.174. The quantitative estimate of drug-likeness (QED) is 0.501. The topological polar surface area (TPSA) is 89.4 Å². The van der Waals surface area contributed by atoms with Crippen LogP contribution in [0.3, 0.4) is 0 Å². The predicted octanol–water partition coefficient (Wildman–Crippen LogP) is 3.90. The van der Waals surface area contributed by atoms with Crippen LogP contribution in [0.5, 0.6) is 0 Å². The van der Waals surface area contributed by atoms with E-state index >= 15 is 0 Å². The van der Waals surface area contributed by atoms with Gasteiger partial charge in [0.25, 0.3) is 5.91 Å². The monoisotopic (exact) mass is 450 g/mol. The van der Waals surface area contributed by atoms with E-state index in [0.717, 1.165) is 6.20 Å². The summed E-state index contributed by atoms with van der Waals surface area (Å²) in [5, 5.41) is 4.43. The van der Waals surface area contributed by atoms with Crippen LogP contribution in [-0.4, -0.2) is 44.9 Å². The van der Waals surface area contributed by atoms with Crippen LogP contribution in [0.4, 0.5) is 8.78 Å². The van der Waals surface area contributed by atoms with Gasteiger partial charge in [0.2, 0.25) is 0 Å². The van der Waals surface area contributed by atoms with Gasteiger partial charge in [0.1, 0.15) is 17.3 Å². The van der Waals surface area contributed by atoms with Crippen molar-refractivity contribution in [2.45, 2.75) is 13.5 Å². The Morgan fingerprint density at radius 2 is 1.97 bits per heavy atom. The summed E-state index contributed by atoms with van der Waals surface area (Å²) in [4.78, 5) is 23.0. The summed E-state index contributed by atoms with van der Waals surface area (Å²) in [7, 11) is 0. The number of carbonyl (C=O) groups excluding carboxylic acids is 1. The van der Waals surface area contributed by atoms with Crippen LogP contribution in [0.15, 0.2) is 72.6 Å². The molecule has 0 unspecified atom stereocenters. The number of likely N-dealkylation sites (N-methyl/N-ethyl adjacent to an activating group) is 1. The van der Waals surface area contributed by atoms with Gasteiger partial charge in [-0.2, -0.15) is 5.10 Å². The van der Waals surface area contributed by atoms with E-state index in [9.17, 15) is 13.6 Å². The molecule has 0 saturated carbocycles. The minimum atomic E-state index is -0.527. The van der Waals surface area contributed by atoms with Crippen molar-refractivity contribution in [1.29, 1.82) is 0 Å². The Morgan fingerprint density at radius 3 is 2.67 bits per heavy atom. The maximum atomic E-state index is 14.0. The molecule has 2 N–H and O–H groups in total. The highest BCUT2D eigenvalue weighted by Gasteiger charge is 2.20. The summed E-state index contributed by atoms with van der Waals surface area (Å²) < 4.78 is 28.7. The van der Waals surface area contributed by atoms with Gasteiger partial charge in [-0.05, 0) is 55.6 Å². The lowest BCUT2D eigenvalue weighted by molar-refractivity contribution is 0.0756. The standard InChI is InChI=1S/C24H24F2N6O/c1-3-31(13-14-32-12-9-23(30-32)22-8-6-19(26)16-29-22)24(33)21-15-18(25)5-7-20(21)17(2)28-11-4-10-27/h4-12,15-16H,2-3,13-14,27H2,1H3/b10-4-,28-11-. The first-order chi connectivity index (χ1) is 15.9. The number of allylic oxidation sites excluding steroid dienone is 1. The van der Waals surface area contributed by atoms with Crippen molar-refractivity contribution in [3.63, 3.8) is 0 Å². The number of aromatic nitrogens is 3. The number of carbonyl (C=O) groups is 1. The molecule has 0 bridgehead atoms. The number of nitrogens with zero attached hydrogens (tertiary/aromatic N) is 5. The third-order valence-electron chi connectivity index (χ3n) is 4.85. The zero-order valence-electron chi connectivity index (χ0n) is 18.2. The summed E-state index contributed by atoms with van der Waals surface area (Å²) in [5.41, 5.74) is 7.36. The highest BCUT2D eigenvalue weighted by Crippen LogP contribution is 2.22. The summed E-state index contributed by atoms with van der Waals surface area (Å²) in [6, 6.07) is 8.56. The van der Waals surface area contributed by atoms with Gasteiger partial charge < -0.3 is 10.6 Å². The summed E-state index contributed by atoms with van der Waals surface area (Å²) >= 11 is 0. The molecule has 0 fully saturated rings. The van der Waals surface area contributed by atoms with Gasteiger partial charge in [0.05, 0.1) is 29.7 Å². The summed E-state index contributed by atoms with van der Waals surface area (Å²) in [6.45, 7) is 6.88. The molecule has 2 heterocycles. The van der Waals surface area contributed by atoms with Crippen molar-refractivity contribution < 1.29 is 13.6 Å². The Balaban J connectivity index is 1.75. The molecule has 33 heavy (non-hydrogen) atoms. The van der Waals surface area contributed by atoms with Gasteiger partial charge in [0, 0.05) is 31.1 Å². The minimum Gasteiger partial charge on any atom is -0.405 e. The molecule has 9 heteroatoms. The Kier molecular flexibility index (Phi) is 7.80. The first-order valence-corrected chi connectivity index (χ1v) is 10.3. The molecular formula is C24H24F2N6O. The molecule has 0 spiro atoms. The van der Waals surface area contributed by atoms with Crippen molar-refractivity contribution in [3.8, 4) is 11.4 Å². The maximum absolute atomic E-state index is 14.0. The third kappa shape index (κ3) is 5.97. The third-order valence-corrected chi connectivity index (χ3v) is 4.85. The largest absolute Gasteiger partial charge is 0.405 e. The van der Waals surface area contributed by atoms with Gasteiger partial charge in [-0.3, -0.25) is 19.5 Å². The molecule has 170 valence electrons. The number of amides is 1. The van der Waals surface area contributed by atoms with Gasteiger partial charge in [-0.1, -0.05) is 6.58 Å². The lowest BCUT2D eigenvalue weighted by Crippen LogP contribution is -2.34. The molecule has 2 aromatic heterocycles. The lowest BCUT2D eigenvalue weighted by Gasteiger charge is -2.22. The highest BCUT2D eigenvalue weighted by atomic mass is 19.1. The van der Waals surface area contributed by atoms with Crippen molar-refractivity contribution in [2.24, 2.45) is 10.7 Å². The molecule has 0 aliphatic heterocycles. The smallest absolute Gasteiger partial charge is 0.254 e. The Labute approximate surface area is 190 Å². The van der Waals surface area contributed by atoms with Gasteiger partial charge in [-0.25, -0.2) is 8.78 Å². The Bertz CT molecular complexity index is 1180. The van der Waals surface area contributed by atoms with Gasteiger partial charge in [-0.15, -0.1) is 0 Å². The molecule has 1 amide bonds. The lowest BCUT2D eigenvalue weighted by atomic mass is 10.0. The van der Waals surface area contributed by atoms with E-state index in [-0.39, 0.29) is 11.5 Å². The van der Waals surface area contributed by atoms with Crippen LogP contribution in [0.25, 0.3) is 17.1 Å². The van der Waals surface area contributed by atoms with E-state index < -0.39 is 11.6 Å². The number of benzene rings is 1. The first kappa shape index (κ1) is 23.5. The van der Waals surface area contributed by atoms with E-state index in [2.05, 4.69) is 21.7 Å². The van der Waals surface area contributed by atoms with E-state index in [1.54, 1.807) is 27.9 Å². The van der Waals surface area contributed by atoms with Crippen molar-refractivity contribution >= 4 is 17.8 Å². The maximum Gasteiger partial charge on any atom is 0.254 e. The summed E-state index contributed by atoms with van der Waals surface area (Å²) in [6.07, 6.45) is 7.18. The Morgan fingerprint density at radius 1 is 1.18 bits per heavy atom. The van der Waals surface area contributed by atoms with Crippen LogP contribution in [0, 0.1) is 11.6 Å². The van der Waals surface area contributed by atoms with Crippen molar-refractivity contribution in [3.05, 3.63) is 90.4 Å². The number of hydrogen-bond acceptors (Lipinski definition) is 5. The van der Waals surface area contributed by atoms with E-state index in [1.165, 1.54) is 42.8 Å². The summed E-state index contributed by atoms with van der Waals surface area (Å²) in [5.74, 6) is -1.29. The number of aliphatic imine (C=N–C) groups is 1. The molecule has 0 atom stereocenters. The predicted molar refractivity (Wildman–Crippen MR) is 124 cm³/mol. The highest BCUT2D eigenvalue weighted by molar-refractivity contribution is 5.99. The van der Waals surface area contributed by atoms with Crippen LogP contribution >= 0.6 is 0 Å². The molecule has 0 saturated heterocycles. The SMILES string of the molecule is C=C(/N=C\C=C/N)c1ccc(F)cc1C(=O)N(CC)CCn1ccc(-c2ccc(F)cn2)n1. The molecule has 1 aromatic carbocycles. The van der Waals surface area contributed by atoms with Crippen molar-refractivity contribution in [2.75, 3.05) is 13.1 Å². The van der Waals surface area contributed by atoms with Gasteiger partial charge in [0.15, 0.2) is 0 Å². The number of halogens is 2. The van der Waals surface area contributed by atoms with Crippen molar-refractivity contribution in [1.82, 2.24) is 19.7 Å². The zero-order valence-corrected chi connectivity index (χ0v) is 18.2. The van der Waals surface area contributed by atoms with Crippen LogP contribution in [-0.2, 0) is 6.54 Å². The number of pyridine rings is 1. The van der Waals surface area contributed by atoms with Crippen LogP contribution in [0.1, 0.15) is 22.8 Å². The van der Waals surface area contributed by atoms with Crippen LogP contribution in [0.2, 0.25) is 0 Å². The molecule has 3 rings (SSSR count). The fourth-order valence-corrected chi connectivity index (χ4v) is 3.14. The molecule has 0 radical (unpaired) electrons. The van der Waals surface area contributed by atoms with E-state index in [1.807, 2.05) is 6.92 Å². The van der Waals surface area contributed by atoms with Gasteiger partial charge >= 0.3 is 0 Å².